The Kier molecular flexibility index (Phi) is 8.36. The number of amides is 1. The third-order valence-electron chi connectivity index (χ3n) is 9.33. The molecule has 1 spiro atoms. The summed E-state index contributed by atoms with van der Waals surface area (Å²) in [6.45, 7) is 13.1. The van der Waals surface area contributed by atoms with Crippen molar-refractivity contribution in [3.8, 4) is 0 Å². The number of hydrogen-bond acceptors (Lipinski definition) is 6. The minimum Gasteiger partial charge on any atom is -0.481 e. The van der Waals surface area contributed by atoms with Crippen LogP contribution in [0.2, 0.25) is 0 Å². The highest BCUT2D eigenvalue weighted by molar-refractivity contribution is 5.91. The number of aliphatic carboxylic acids is 1. The number of carboxylic acids is 1. The van der Waals surface area contributed by atoms with Crippen molar-refractivity contribution < 1.29 is 29.0 Å². The normalized spacial score (nSPS) is 31.5. The predicted octanol–water partition coefficient (Wildman–Crippen LogP) is 5.48. The Labute approximate surface area is 233 Å². The number of ether oxygens (including phenoxy) is 2. The lowest BCUT2D eigenvalue weighted by Gasteiger charge is -2.48. The molecule has 8 nitrogen and oxygen atoms in total. The molecule has 8 heteroatoms. The lowest BCUT2D eigenvalue weighted by molar-refractivity contribution is -0.161. The zero-order valence-corrected chi connectivity index (χ0v) is 24.4. The maximum absolute atomic E-state index is 12.6. The van der Waals surface area contributed by atoms with E-state index in [4.69, 9.17) is 9.47 Å². The fourth-order valence-electron chi connectivity index (χ4n) is 7.52. The third-order valence-corrected chi connectivity index (χ3v) is 9.33. The number of nitrogens with zero attached hydrogens (tertiary/aromatic N) is 2. The summed E-state index contributed by atoms with van der Waals surface area (Å²) in [5.74, 6) is 0.314. The van der Waals surface area contributed by atoms with Crippen molar-refractivity contribution in [2.24, 2.45) is 23.2 Å². The highest BCUT2D eigenvalue weighted by Crippen LogP contribution is 2.51. The summed E-state index contributed by atoms with van der Waals surface area (Å²) in [5, 5.41) is 9.32. The number of hydrogen-bond donors (Lipinski definition) is 1. The summed E-state index contributed by atoms with van der Waals surface area (Å²) in [6.07, 6.45) is 5.24. The topological polar surface area (TPSA) is 96.4 Å². The standard InChI is InChI=1S/C18H26N2O2.C13H20O4/c1-17(2,3)22-16(21)20-13-18(9-11-19(4)12-10-18)14-7-5-6-8-15(14)20;1-8-3-9-4-10(11(8)17-7-14)6-13(2,5-9)12(15)16/h5-8H,9-13H2,1-4H3;7-11H,3-6H2,1-2H3,(H,15,16). The van der Waals surface area contributed by atoms with Gasteiger partial charge < -0.3 is 19.5 Å². The maximum atomic E-state index is 12.6. The lowest BCUT2D eigenvalue weighted by Crippen LogP contribution is -2.47. The third kappa shape index (κ3) is 6.26. The monoisotopic (exact) mass is 542 g/mol. The first-order chi connectivity index (χ1) is 18.3. The van der Waals surface area contributed by atoms with Gasteiger partial charge in [-0.3, -0.25) is 14.5 Å². The number of anilines is 1. The first-order valence-corrected chi connectivity index (χ1v) is 14.4. The van der Waals surface area contributed by atoms with Gasteiger partial charge in [-0.1, -0.05) is 25.1 Å². The number of carbonyl (C=O) groups excluding carboxylic acids is 2. The Balaban J connectivity index is 0.000000187. The molecule has 1 aromatic rings. The summed E-state index contributed by atoms with van der Waals surface area (Å²) < 4.78 is 10.8. The number of carboxylic acid groups (broad SMARTS) is 1. The van der Waals surface area contributed by atoms with Crippen LogP contribution < -0.4 is 4.90 Å². The Morgan fingerprint density at radius 1 is 1.10 bits per heavy atom. The first kappa shape index (κ1) is 29.4. The van der Waals surface area contributed by atoms with Gasteiger partial charge in [0.15, 0.2) is 0 Å². The van der Waals surface area contributed by atoms with Gasteiger partial charge in [-0.15, -0.1) is 0 Å². The summed E-state index contributed by atoms with van der Waals surface area (Å²) in [4.78, 5) is 38.7. The van der Waals surface area contributed by atoms with Crippen molar-refractivity contribution in [3.63, 3.8) is 0 Å². The van der Waals surface area contributed by atoms with Crippen LogP contribution in [0, 0.1) is 23.2 Å². The van der Waals surface area contributed by atoms with E-state index in [9.17, 15) is 19.5 Å². The predicted molar refractivity (Wildman–Crippen MR) is 150 cm³/mol. The van der Waals surface area contributed by atoms with Crippen LogP contribution in [0.1, 0.15) is 78.7 Å². The van der Waals surface area contributed by atoms with Crippen LogP contribution in [0.4, 0.5) is 10.5 Å². The van der Waals surface area contributed by atoms with Crippen LogP contribution >= 0.6 is 0 Å². The largest absolute Gasteiger partial charge is 0.481 e. The van der Waals surface area contributed by atoms with E-state index >= 15 is 0 Å². The van der Waals surface area contributed by atoms with Gasteiger partial charge >= 0.3 is 12.1 Å². The van der Waals surface area contributed by atoms with Crippen LogP contribution in [0.5, 0.6) is 0 Å². The van der Waals surface area contributed by atoms with E-state index in [0.717, 1.165) is 57.4 Å². The van der Waals surface area contributed by atoms with Crippen LogP contribution in [0.25, 0.3) is 0 Å². The Bertz CT molecular complexity index is 1060. The summed E-state index contributed by atoms with van der Waals surface area (Å²) in [5.41, 5.74) is 1.34. The second-order valence-corrected chi connectivity index (χ2v) is 13.7. The van der Waals surface area contributed by atoms with Crippen LogP contribution in [0.15, 0.2) is 24.3 Å². The SMILES string of the molecule is CC1CC2CC(CC(C)(C(=O)O)C2)C1OC=O.CN1CCC2(CC1)CN(C(=O)OC(C)(C)C)c1ccccc12. The Morgan fingerprint density at radius 2 is 1.77 bits per heavy atom. The number of carbonyl (C=O) groups is 3. The lowest BCUT2D eigenvalue weighted by atomic mass is 9.58. The number of piperidine rings is 1. The van der Waals surface area contributed by atoms with Gasteiger partial charge in [0.25, 0.3) is 6.47 Å². The van der Waals surface area contributed by atoms with Crippen LogP contribution in [-0.4, -0.2) is 66.9 Å². The van der Waals surface area contributed by atoms with E-state index in [-0.39, 0.29) is 23.5 Å². The molecule has 3 fully saturated rings. The zero-order valence-electron chi connectivity index (χ0n) is 24.4. The molecular formula is C31H46N2O6. The molecule has 216 valence electrons. The molecule has 0 aromatic heterocycles. The molecule has 1 saturated heterocycles. The quantitative estimate of drug-likeness (QED) is 0.505. The summed E-state index contributed by atoms with van der Waals surface area (Å²) in [6, 6.07) is 8.32. The minimum absolute atomic E-state index is 0.0947. The summed E-state index contributed by atoms with van der Waals surface area (Å²) in [7, 11) is 2.17. The van der Waals surface area contributed by atoms with E-state index < -0.39 is 17.0 Å². The average molecular weight is 543 g/mol. The molecule has 5 atom stereocenters. The molecule has 0 radical (unpaired) electrons. The van der Waals surface area contributed by atoms with E-state index in [0.29, 0.717) is 24.7 Å². The molecule has 2 heterocycles. The van der Waals surface area contributed by atoms with Crippen molar-refractivity contribution in [3.05, 3.63) is 29.8 Å². The smallest absolute Gasteiger partial charge is 0.414 e. The molecule has 1 N–H and O–H groups in total. The number of benzene rings is 1. The maximum Gasteiger partial charge on any atom is 0.414 e. The van der Waals surface area contributed by atoms with Crippen molar-refractivity contribution in [2.45, 2.75) is 90.3 Å². The Morgan fingerprint density at radius 3 is 2.38 bits per heavy atom. The fraction of sp³-hybridized carbons (Fsp3) is 0.710. The van der Waals surface area contributed by atoms with Gasteiger partial charge in [0.1, 0.15) is 11.7 Å². The molecular weight excluding hydrogens is 496 g/mol. The van der Waals surface area contributed by atoms with Gasteiger partial charge in [0.2, 0.25) is 0 Å². The highest BCUT2D eigenvalue weighted by atomic mass is 16.6. The van der Waals surface area contributed by atoms with Gasteiger partial charge in [0, 0.05) is 12.0 Å². The van der Waals surface area contributed by atoms with Crippen molar-refractivity contribution in [1.82, 2.24) is 4.90 Å². The number of fused-ring (bicyclic) bond motifs is 4. The average Bonchev–Trinajstić information content (AvgIpc) is 3.17. The second-order valence-electron chi connectivity index (χ2n) is 13.7. The van der Waals surface area contributed by atoms with Crippen LogP contribution in [0.3, 0.4) is 0 Å². The van der Waals surface area contributed by atoms with Gasteiger partial charge in [-0.25, -0.2) is 4.79 Å². The molecule has 2 saturated carbocycles. The molecule has 5 unspecified atom stereocenters. The first-order valence-electron chi connectivity index (χ1n) is 14.4. The molecule has 2 bridgehead atoms. The summed E-state index contributed by atoms with van der Waals surface area (Å²) >= 11 is 0. The van der Waals surface area contributed by atoms with Crippen molar-refractivity contribution >= 4 is 24.2 Å². The number of likely N-dealkylation sites (tertiary alicyclic amines) is 1. The van der Waals surface area contributed by atoms with E-state index in [1.54, 1.807) is 0 Å². The van der Waals surface area contributed by atoms with Gasteiger partial charge in [-0.05, 0) is 116 Å². The van der Waals surface area contributed by atoms with E-state index in [1.165, 1.54) is 5.56 Å². The molecule has 1 aromatic carbocycles. The second kappa shape index (κ2) is 11.1. The van der Waals surface area contributed by atoms with E-state index in [2.05, 4.69) is 31.0 Å². The number of para-hydroxylation sites is 1. The molecule has 4 aliphatic rings. The highest BCUT2D eigenvalue weighted by Gasteiger charge is 2.50. The zero-order chi connectivity index (χ0) is 28.6. The minimum atomic E-state index is -0.716. The van der Waals surface area contributed by atoms with E-state index in [1.807, 2.05) is 44.7 Å². The van der Waals surface area contributed by atoms with Crippen molar-refractivity contribution in [1.29, 1.82) is 0 Å². The van der Waals surface area contributed by atoms with Crippen LogP contribution in [-0.2, 0) is 24.5 Å². The van der Waals surface area contributed by atoms with Gasteiger partial charge in [-0.2, -0.15) is 0 Å². The molecule has 2 aliphatic carbocycles. The number of rotatable bonds is 3. The molecule has 2 aliphatic heterocycles. The molecule has 5 rings (SSSR count). The Hall–Kier alpha value is -2.61. The van der Waals surface area contributed by atoms with Crippen molar-refractivity contribution in [2.75, 3.05) is 31.6 Å². The fourth-order valence-corrected chi connectivity index (χ4v) is 7.52. The molecule has 39 heavy (non-hydrogen) atoms. The molecule has 1 amide bonds. The van der Waals surface area contributed by atoms with Gasteiger partial charge in [0.05, 0.1) is 11.1 Å².